The van der Waals surface area contributed by atoms with Crippen molar-refractivity contribution in [2.75, 3.05) is 16.9 Å². The van der Waals surface area contributed by atoms with Crippen molar-refractivity contribution in [3.05, 3.63) is 102 Å². The van der Waals surface area contributed by atoms with Gasteiger partial charge in [-0.25, -0.2) is 4.90 Å². The lowest BCUT2D eigenvalue weighted by Gasteiger charge is -2.49. The minimum atomic E-state index is -1.25. The van der Waals surface area contributed by atoms with Crippen molar-refractivity contribution >= 4 is 41.1 Å². The first-order chi connectivity index (χ1) is 21.2. The number of rotatable bonds is 5. The van der Waals surface area contributed by atoms with Gasteiger partial charge in [-0.3, -0.25) is 24.1 Å². The van der Waals surface area contributed by atoms with Gasteiger partial charge in [-0.15, -0.1) is 0 Å². The van der Waals surface area contributed by atoms with Crippen LogP contribution in [-0.4, -0.2) is 35.8 Å². The number of phenols is 1. The topological polar surface area (TPSA) is 104 Å². The van der Waals surface area contributed by atoms with Crippen molar-refractivity contribution in [2.24, 2.45) is 29.1 Å². The summed E-state index contributed by atoms with van der Waals surface area (Å²) in [6.07, 6.45) is 4.21. The molecule has 1 N–H and O–H groups in total. The van der Waals surface area contributed by atoms with Crippen LogP contribution in [0.5, 0.6) is 11.5 Å². The highest BCUT2D eigenvalue weighted by molar-refractivity contribution is 6.25. The maximum atomic E-state index is 14.5. The van der Waals surface area contributed by atoms with Crippen LogP contribution in [0.25, 0.3) is 6.08 Å². The zero-order chi connectivity index (χ0) is 30.9. The second kappa shape index (κ2) is 10.0. The predicted octanol–water partition coefficient (Wildman–Crippen LogP) is 5.48. The molecule has 2 heterocycles. The molecule has 0 spiro atoms. The van der Waals surface area contributed by atoms with E-state index in [1.54, 1.807) is 61.5 Å². The molecule has 0 radical (unpaired) electrons. The van der Waals surface area contributed by atoms with Gasteiger partial charge in [0.05, 0.1) is 41.7 Å². The van der Waals surface area contributed by atoms with Crippen molar-refractivity contribution in [3.63, 3.8) is 0 Å². The van der Waals surface area contributed by atoms with E-state index in [9.17, 15) is 24.3 Å². The second-order valence-electron chi connectivity index (χ2n) is 12.2. The summed E-state index contributed by atoms with van der Waals surface area (Å²) < 4.78 is 5.49. The van der Waals surface area contributed by atoms with Crippen molar-refractivity contribution in [1.82, 2.24) is 0 Å². The number of hydrogen-bond acceptors (Lipinski definition) is 6. The molecule has 8 nitrogen and oxygen atoms in total. The van der Waals surface area contributed by atoms with Crippen molar-refractivity contribution < 1.29 is 29.0 Å². The highest BCUT2D eigenvalue weighted by Crippen LogP contribution is 2.64. The number of aromatic hydroxyl groups is 1. The molecule has 44 heavy (non-hydrogen) atoms. The summed E-state index contributed by atoms with van der Waals surface area (Å²) >= 11 is 0. The zero-order valence-electron chi connectivity index (χ0n) is 24.5. The number of para-hydroxylation sites is 1. The monoisotopic (exact) mass is 588 g/mol. The number of nitrogens with zero attached hydrogens (tertiary/aromatic N) is 2. The molecule has 222 valence electrons. The van der Waals surface area contributed by atoms with Crippen molar-refractivity contribution in [3.8, 4) is 11.5 Å². The van der Waals surface area contributed by atoms with Crippen molar-refractivity contribution in [1.29, 1.82) is 0 Å². The van der Waals surface area contributed by atoms with E-state index in [0.717, 1.165) is 11.1 Å². The Morgan fingerprint density at radius 1 is 0.886 bits per heavy atom. The number of carbonyl (C=O) groups is 4. The van der Waals surface area contributed by atoms with Gasteiger partial charge in [0.15, 0.2) is 0 Å². The van der Waals surface area contributed by atoms with E-state index in [1.807, 2.05) is 24.3 Å². The molecule has 4 aliphatic rings. The van der Waals surface area contributed by atoms with Gasteiger partial charge in [0, 0.05) is 11.5 Å². The van der Waals surface area contributed by atoms with Crippen LogP contribution in [0, 0.1) is 29.1 Å². The number of imide groups is 2. The van der Waals surface area contributed by atoms with Crippen LogP contribution in [0.15, 0.2) is 91.0 Å². The van der Waals surface area contributed by atoms with Gasteiger partial charge in [0.25, 0.3) is 0 Å². The largest absolute Gasteiger partial charge is 0.508 e. The Hall–Kier alpha value is -4.98. The van der Waals surface area contributed by atoms with E-state index >= 15 is 0 Å². The van der Waals surface area contributed by atoms with Gasteiger partial charge in [-0.1, -0.05) is 54.6 Å². The van der Waals surface area contributed by atoms with Crippen LogP contribution in [0.2, 0.25) is 0 Å². The minimum Gasteiger partial charge on any atom is -0.508 e. The molecular formula is C36H32N2O6. The smallest absolute Gasteiger partial charge is 0.241 e. The molecule has 1 saturated carbocycles. The predicted molar refractivity (Wildman–Crippen MR) is 165 cm³/mol. The molecule has 2 aliphatic carbocycles. The van der Waals surface area contributed by atoms with Crippen LogP contribution in [0.3, 0.4) is 0 Å². The molecule has 4 amide bonds. The molecule has 0 aromatic heterocycles. The van der Waals surface area contributed by atoms with Crippen molar-refractivity contribution in [2.45, 2.75) is 25.7 Å². The zero-order valence-corrected chi connectivity index (χ0v) is 24.5. The standard InChI is InChI=1S/C36H32N2O6/c1-4-20-10-12-22(13-11-20)37-32(40)25-16-15-24-26(30(25)34(37)42)19-28-33(41)38(21-8-6-5-7-9-21)35(43)36(28,2)31(24)27-18-23(44-3)14-17-29(27)39/h4-15,17-18,25-26,28,30-31,39H,1,16,19H2,2-3H3/t25-,26+,28-,30-,31+,36+/m0/s1. The third-order valence-electron chi connectivity index (χ3n) is 10.2. The van der Waals surface area contributed by atoms with Gasteiger partial charge in [0.2, 0.25) is 23.6 Å². The Balaban J connectivity index is 1.37. The fraction of sp³-hybridized carbons (Fsp3) is 0.278. The van der Waals surface area contributed by atoms with E-state index < -0.39 is 35.0 Å². The van der Waals surface area contributed by atoms with Crippen LogP contribution in [0.4, 0.5) is 11.4 Å². The second-order valence-corrected chi connectivity index (χ2v) is 12.2. The van der Waals surface area contributed by atoms with E-state index in [4.69, 9.17) is 4.74 Å². The average Bonchev–Trinajstić information content (AvgIpc) is 3.41. The maximum Gasteiger partial charge on any atom is 0.241 e. The lowest BCUT2D eigenvalue weighted by atomic mass is 9.51. The average molecular weight is 589 g/mol. The first kappa shape index (κ1) is 27.8. The number of carbonyl (C=O) groups excluding carboxylic acids is 4. The Morgan fingerprint density at radius 2 is 1.59 bits per heavy atom. The Bertz CT molecular complexity index is 1760. The summed E-state index contributed by atoms with van der Waals surface area (Å²) in [5.41, 5.74) is 1.84. The van der Waals surface area contributed by atoms with E-state index in [2.05, 4.69) is 6.58 Å². The highest BCUT2D eigenvalue weighted by atomic mass is 16.5. The number of ether oxygens (including phenoxy) is 1. The maximum absolute atomic E-state index is 14.5. The molecule has 3 aromatic rings. The Morgan fingerprint density at radius 3 is 2.27 bits per heavy atom. The first-order valence-corrected chi connectivity index (χ1v) is 14.8. The molecule has 6 atom stereocenters. The summed E-state index contributed by atoms with van der Waals surface area (Å²) in [4.78, 5) is 59.2. The third-order valence-corrected chi connectivity index (χ3v) is 10.2. The van der Waals surface area contributed by atoms with Gasteiger partial charge >= 0.3 is 0 Å². The summed E-state index contributed by atoms with van der Waals surface area (Å²) in [5.74, 6) is -4.09. The van der Waals surface area contributed by atoms with Gasteiger partial charge < -0.3 is 9.84 Å². The number of hydrogen-bond donors (Lipinski definition) is 1. The number of phenolic OH excluding ortho intramolecular Hbond substituents is 1. The third kappa shape index (κ3) is 3.76. The van der Waals surface area contributed by atoms with Crippen LogP contribution in [0.1, 0.15) is 36.8 Å². The lowest BCUT2D eigenvalue weighted by molar-refractivity contribution is -0.131. The number of benzene rings is 3. The molecule has 3 fully saturated rings. The highest BCUT2D eigenvalue weighted by Gasteiger charge is 2.68. The van der Waals surface area contributed by atoms with Crippen LogP contribution >= 0.6 is 0 Å². The van der Waals surface area contributed by atoms with Gasteiger partial charge in [-0.05, 0) is 73.7 Å². The summed E-state index contributed by atoms with van der Waals surface area (Å²) in [5, 5.41) is 11.2. The molecule has 0 bridgehead atoms. The van der Waals surface area contributed by atoms with Gasteiger partial charge in [-0.2, -0.15) is 0 Å². The van der Waals surface area contributed by atoms with Gasteiger partial charge in [0.1, 0.15) is 11.5 Å². The number of allylic oxidation sites excluding steroid dienone is 2. The molecule has 2 saturated heterocycles. The molecule has 0 unspecified atom stereocenters. The summed E-state index contributed by atoms with van der Waals surface area (Å²) in [6, 6.07) is 20.8. The lowest BCUT2D eigenvalue weighted by Crippen LogP contribution is -2.48. The molecular weight excluding hydrogens is 556 g/mol. The number of anilines is 2. The normalized spacial score (nSPS) is 29.2. The minimum absolute atomic E-state index is 0.0318. The molecule has 3 aromatic carbocycles. The Kier molecular flexibility index (Phi) is 6.35. The SMILES string of the molecule is C=Cc1ccc(N2C(=O)[C@H]3[C@H](CC=C4[C@H]3C[C@H]3C(=O)N(c5ccccc5)C(=O)[C@@]3(C)[C@H]4c3cc(OC)ccc3O)C2=O)cc1. The fourth-order valence-corrected chi connectivity index (χ4v) is 8.09. The number of amides is 4. The fourth-order valence-electron chi connectivity index (χ4n) is 8.09. The van der Waals surface area contributed by atoms with Crippen LogP contribution in [-0.2, 0) is 19.2 Å². The number of methoxy groups -OCH3 is 1. The van der Waals surface area contributed by atoms with E-state index in [1.165, 1.54) is 23.0 Å². The Labute approximate surface area is 255 Å². The molecule has 8 heteroatoms. The van der Waals surface area contributed by atoms with E-state index in [-0.39, 0.29) is 35.8 Å². The summed E-state index contributed by atoms with van der Waals surface area (Å²) in [7, 11) is 1.52. The van der Waals surface area contributed by atoms with E-state index in [0.29, 0.717) is 29.1 Å². The summed E-state index contributed by atoms with van der Waals surface area (Å²) in [6.45, 7) is 5.57. The first-order valence-electron chi connectivity index (χ1n) is 14.8. The van der Waals surface area contributed by atoms with Crippen LogP contribution < -0.4 is 14.5 Å². The number of fused-ring (bicyclic) bond motifs is 4. The quantitative estimate of drug-likeness (QED) is 0.313. The molecule has 2 aliphatic heterocycles. The molecule has 7 rings (SSSR count).